The first-order valence-electron chi connectivity index (χ1n) is 7.28. The van der Waals surface area contributed by atoms with Crippen LogP contribution in [0.15, 0.2) is 30.7 Å². The van der Waals surface area contributed by atoms with E-state index in [-0.39, 0.29) is 29.4 Å². The molecule has 3 heterocycles. The predicted molar refractivity (Wildman–Crippen MR) is 80.2 cm³/mol. The zero-order valence-corrected chi connectivity index (χ0v) is 12.4. The topological polar surface area (TPSA) is 94.2 Å². The minimum absolute atomic E-state index is 0.0502. The second-order valence-electron chi connectivity index (χ2n) is 5.21. The van der Waals surface area contributed by atoms with Gasteiger partial charge in [0.05, 0.1) is 6.54 Å². The molecule has 1 aliphatic rings. The minimum Gasteiger partial charge on any atom is -0.470 e. The van der Waals surface area contributed by atoms with Crippen molar-refractivity contribution in [1.82, 2.24) is 19.9 Å². The molecule has 0 aromatic carbocycles. The summed E-state index contributed by atoms with van der Waals surface area (Å²) in [6.07, 6.45) is 5.45. The molecule has 2 N–H and O–H groups in total. The van der Waals surface area contributed by atoms with Crippen molar-refractivity contribution >= 4 is 11.7 Å². The van der Waals surface area contributed by atoms with Gasteiger partial charge in [0, 0.05) is 25.1 Å². The van der Waals surface area contributed by atoms with Gasteiger partial charge in [-0.2, -0.15) is 0 Å². The monoisotopic (exact) mass is 317 g/mol. The number of ether oxygens (including phenoxy) is 1. The van der Waals surface area contributed by atoms with Crippen molar-refractivity contribution in [1.29, 1.82) is 0 Å². The molecule has 23 heavy (non-hydrogen) atoms. The number of hydrogen-bond donors (Lipinski definition) is 1. The maximum Gasteiger partial charge on any atom is 0.276 e. The van der Waals surface area contributed by atoms with Gasteiger partial charge in [0.15, 0.2) is 17.3 Å². The molecular weight excluding hydrogens is 301 g/mol. The van der Waals surface area contributed by atoms with E-state index in [4.69, 9.17) is 10.5 Å². The lowest BCUT2D eigenvalue weighted by atomic mass is 10.1. The summed E-state index contributed by atoms with van der Waals surface area (Å²) >= 11 is 0. The first-order chi connectivity index (χ1) is 11.1. The highest BCUT2D eigenvalue weighted by molar-refractivity contribution is 5.96. The molecule has 2 aromatic rings. The number of nitrogens with zero attached hydrogens (tertiary/aromatic N) is 4. The van der Waals surface area contributed by atoms with Gasteiger partial charge in [-0.3, -0.25) is 4.79 Å². The molecule has 1 aliphatic heterocycles. The highest BCUT2D eigenvalue weighted by atomic mass is 19.1. The number of hydrogen-bond acceptors (Lipinski definition) is 6. The minimum atomic E-state index is -0.519. The van der Waals surface area contributed by atoms with Crippen molar-refractivity contribution in [3.8, 4) is 5.88 Å². The summed E-state index contributed by atoms with van der Waals surface area (Å²) in [6.45, 7) is 0.893. The second kappa shape index (κ2) is 6.55. The molecule has 120 valence electrons. The summed E-state index contributed by atoms with van der Waals surface area (Å²) in [7, 11) is 0. The fourth-order valence-electron chi connectivity index (χ4n) is 2.50. The zero-order valence-electron chi connectivity index (χ0n) is 12.4. The lowest BCUT2D eigenvalue weighted by molar-refractivity contribution is 0.0513. The van der Waals surface area contributed by atoms with Gasteiger partial charge < -0.3 is 15.4 Å². The van der Waals surface area contributed by atoms with Crippen LogP contribution >= 0.6 is 0 Å². The fraction of sp³-hybridized carbons (Fsp3) is 0.333. The van der Waals surface area contributed by atoms with Gasteiger partial charge in [-0.1, -0.05) is 0 Å². The molecule has 1 atom stereocenters. The molecule has 0 spiro atoms. The van der Waals surface area contributed by atoms with Crippen LogP contribution in [0.1, 0.15) is 23.3 Å². The summed E-state index contributed by atoms with van der Waals surface area (Å²) < 4.78 is 19.2. The Kier molecular flexibility index (Phi) is 4.31. The van der Waals surface area contributed by atoms with Gasteiger partial charge in [-0.05, 0) is 25.0 Å². The summed E-state index contributed by atoms with van der Waals surface area (Å²) in [4.78, 5) is 25.8. The van der Waals surface area contributed by atoms with Crippen molar-refractivity contribution in [2.24, 2.45) is 0 Å². The van der Waals surface area contributed by atoms with Crippen molar-refractivity contribution in [3.63, 3.8) is 0 Å². The Bertz CT molecular complexity index is 712. The van der Waals surface area contributed by atoms with Gasteiger partial charge >= 0.3 is 0 Å². The Hall–Kier alpha value is -2.77. The lowest BCUT2D eigenvalue weighted by Crippen LogP contribution is -2.45. The number of amides is 1. The summed E-state index contributed by atoms with van der Waals surface area (Å²) in [5.41, 5.74) is 5.82. The third-order valence-electron chi connectivity index (χ3n) is 3.60. The summed E-state index contributed by atoms with van der Waals surface area (Å²) in [5, 5.41) is 0. The van der Waals surface area contributed by atoms with E-state index in [0.29, 0.717) is 13.1 Å². The highest BCUT2D eigenvalue weighted by Crippen LogP contribution is 2.20. The molecule has 2 aromatic heterocycles. The number of nitrogens with two attached hydrogens (primary N) is 1. The molecule has 1 amide bonds. The fourth-order valence-corrected chi connectivity index (χ4v) is 2.50. The normalized spacial score (nSPS) is 17.8. The van der Waals surface area contributed by atoms with Crippen LogP contribution in [0.2, 0.25) is 0 Å². The number of pyridine rings is 1. The van der Waals surface area contributed by atoms with E-state index in [1.165, 1.54) is 30.7 Å². The van der Waals surface area contributed by atoms with Crippen molar-refractivity contribution in [3.05, 3.63) is 42.2 Å². The summed E-state index contributed by atoms with van der Waals surface area (Å²) in [5.74, 6) is -0.776. The number of rotatable bonds is 3. The second-order valence-corrected chi connectivity index (χ2v) is 5.21. The molecule has 1 fully saturated rings. The maximum atomic E-state index is 13.6. The standard InChI is InChI=1S/C15H16FN5O2/c16-11-4-1-5-20-14(11)23-10-3-2-8-21(9-10)15(22)12-13(17)19-7-6-18-12/h1,4-7,10H,2-3,8-9H2,(H2,17,19). The molecule has 7 nitrogen and oxygen atoms in total. The van der Waals surface area contributed by atoms with Crippen LogP contribution in [0, 0.1) is 5.82 Å². The number of aromatic nitrogens is 3. The van der Waals surface area contributed by atoms with E-state index >= 15 is 0 Å². The van der Waals surface area contributed by atoms with Crippen LogP contribution in [0.5, 0.6) is 5.88 Å². The van der Waals surface area contributed by atoms with E-state index < -0.39 is 5.82 Å². The first kappa shape index (κ1) is 15.1. The van der Waals surface area contributed by atoms with Crippen LogP contribution < -0.4 is 10.5 Å². The largest absolute Gasteiger partial charge is 0.470 e. The first-order valence-corrected chi connectivity index (χ1v) is 7.28. The Labute approximate surface area is 132 Å². The lowest BCUT2D eigenvalue weighted by Gasteiger charge is -2.32. The molecule has 1 unspecified atom stereocenters. The number of carbonyl (C=O) groups excluding carboxylic acids is 1. The van der Waals surface area contributed by atoms with E-state index in [0.717, 1.165) is 12.8 Å². The highest BCUT2D eigenvalue weighted by Gasteiger charge is 2.28. The van der Waals surface area contributed by atoms with E-state index in [9.17, 15) is 9.18 Å². The number of nitrogen functional groups attached to an aromatic ring is 1. The van der Waals surface area contributed by atoms with E-state index in [1.807, 2.05) is 0 Å². The Morgan fingerprint density at radius 2 is 2.13 bits per heavy atom. The molecule has 0 aliphatic carbocycles. The van der Waals surface area contributed by atoms with Crippen molar-refractivity contribution in [2.75, 3.05) is 18.8 Å². The molecule has 0 bridgehead atoms. The number of piperidine rings is 1. The van der Waals surface area contributed by atoms with Crippen molar-refractivity contribution < 1.29 is 13.9 Å². The summed E-state index contributed by atoms with van der Waals surface area (Å²) in [6, 6.07) is 2.78. The van der Waals surface area contributed by atoms with Crippen LogP contribution in [0.3, 0.4) is 0 Å². The van der Waals surface area contributed by atoms with E-state index in [1.54, 1.807) is 4.90 Å². The number of likely N-dealkylation sites (tertiary alicyclic amines) is 1. The van der Waals surface area contributed by atoms with Crippen LogP contribution in [0.25, 0.3) is 0 Å². The van der Waals surface area contributed by atoms with Crippen LogP contribution in [-0.4, -0.2) is 45.0 Å². The third kappa shape index (κ3) is 3.36. The predicted octanol–water partition coefficient (Wildman–Crippen LogP) is 1.28. The Balaban J connectivity index is 1.70. The van der Waals surface area contributed by atoms with Gasteiger partial charge in [-0.15, -0.1) is 0 Å². The Morgan fingerprint density at radius 3 is 2.91 bits per heavy atom. The number of anilines is 1. The Morgan fingerprint density at radius 1 is 1.30 bits per heavy atom. The number of halogens is 1. The smallest absolute Gasteiger partial charge is 0.276 e. The molecule has 3 rings (SSSR count). The van der Waals surface area contributed by atoms with Gasteiger partial charge in [0.2, 0.25) is 0 Å². The van der Waals surface area contributed by atoms with Crippen LogP contribution in [-0.2, 0) is 0 Å². The van der Waals surface area contributed by atoms with Gasteiger partial charge in [0.25, 0.3) is 11.8 Å². The third-order valence-corrected chi connectivity index (χ3v) is 3.60. The quantitative estimate of drug-likeness (QED) is 0.916. The van der Waals surface area contributed by atoms with Crippen molar-refractivity contribution in [2.45, 2.75) is 18.9 Å². The average Bonchev–Trinajstić information content (AvgIpc) is 2.57. The molecule has 8 heteroatoms. The molecule has 0 radical (unpaired) electrons. The number of carbonyl (C=O) groups is 1. The average molecular weight is 317 g/mol. The SMILES string of the molecule is Nc1nccnc1C(=O)N1CCCC(Oc2ncccc2F)C1. The van der Waals surface area contributed by atoms with E-state index in [2.05, 4.69) is 15.0 Å². The van der Waals surface area contributed by atoms with Gasteiger partial charge in [-0.25, -0.2) is 19.3 Å². The van der Waals surface area contributed by atoms with Gasteiger partial charge in [0.1, 0.15) is 6.10 Å². The molecular formula is C15H16FN5O2. The maximum absolute atomic E-state index is 13.6. The zero-order chi connectivity index (χ0) is 16.2. The molecule has 1 saturated heterocycles. The molecule has 0 saturated carbocycles. The van der Waals surface area contributed by atoms with Crippen LogP contribution in [0.4, 0.5) is 10.2 Å².